The molecule has 0 saturated heterocycles. The number of hydrogen-bond acceptors (Lipinski definition) is 15. The van der Waals surface area contributed by atoms with Crippen LogP contribution in [-0.4, -0.2) is 96.7 Å². The molecule has 0 fully saturated rings. The van der Waals surface area contributed by atoms with Crippen LogP contribution in [0.15, 0.2) is 109 Å². The molecule has 0 aliphatic carbocycles. The number of ether oxygens (including phenoxy) is 4. The van der Waals surface area contributed by atoms with E-state index in [0.29, 0.717) is 25.7 Å². The van der Waals surface area contributed by atoms with E-state index in [1.54, 1.807) is 0 Å². The zero-order valence-electron chi connectivity index (χ0n) is 64.3. The minimum atomic E-state index is -4.98. The number of phosphoric ester groups is 2. The van der Waals surface area contributed by atoms with E-state index < -0.39 is 97.5 Å². The van der Waals surface area contributed by atoms with Crippen LogP contribution in [0.5, 0.6) is 0 Å². The van der Waals surface area contributed by atoms with Crippen LogP contribution >= 0.6 is 15.6 Å². The van der Waals surface area contributed by atoms with E-state index in [-0.39, 0.29) is 25.7 Å². The van der Waals surface area contributed by atoms with Gasteiger partial charge in [-0.05, 0) is 148 Å². The maximum atomic E-state index is 13.1. The Labute approximate surface area is 619 Å². The number of allylic oxidation sites excluding steroid dienone is 18. The molecule has 0 aromatic carbocycles. The van der Waals surface area contributed by atoms with Gasteiger partial charge in [0, 0.05) is 25.7 Å². The summed E-state index contributed by atoms with van der Waals surface area (Å²) < 4.78 is 68.6. The van der Waals surface area contributed by atoms with Gasteiger partial charge >= 0.3 is 39.5 Å². The van der Waals surface area contributed by atoms with Crippen molar-refractivity contribution < 1.29 is 80.2 Å². The summed E-state index contributed by atoms with van der Waals surface area (Å²) in [5, 5.41) is 10.6. The van der Waals surface area contributed by atoms with Gasteiger partial charge in [-0.3, -0.25) is 37.3 Å². The Bertz CT molecular complexity index is 2360. The molecule has 0 rings (SSSR count). The molecule has 0 aromatic rings. The van der Waals surface area contributed by atoms with Gasteiger partial charge in [0.25, 0.3) is 0 Å². The van der Waals surface area contributed by atoms with Crippen molar-refractivity contribution in [3.05, 3.63) is 109 Å². The number of esters is 4. The maximum Gasteiger partial charge on any atom is 0.472 e. The zero-order chi connectivity index (χ0) is 74.6. The normalized spacial score (nSPS) is 14.5. The van der Waals surface area contributed by atoms with Gasteiger partial charge in [0.15, 0.2) is 12.2 Å². The number of hydrogen-bond donors (Lipinski definition) is 3. The van der Waals surface area contributed by atoms with Gasteiger partial charge in [0.1, 0.15) is 19.3 Å². The van der Waals surface area contributed by atoms with Gasteiger partial charge in [0.2, 0.25) is 0 Å². The SMILES string of the molecule is CC/C=C\C/C=C\C/C=C\CCCCCCCC(=O)OCC(COP(=O)(O)OCC(O)COP(=O)(O)OCC(COC(=O)CCCCCCCC/C=C\C/C=C\C/C=C\CCCCC)OC(=O)CCCCCCC/C=C\C/C=C\CCC)OC(=O)CCCCCCC/C=C\CCCCCCCC. The third-order valence-electron chi connectivity index (χ3n) is 16.7. The molecule has 5 unspecified atom stereocenters. The van der Waals surface area contributed by atoms with Gasteiger partial charge in [0.05, 0.1) is 26.4 Å². The first-order valence-corrected chi connectivity index (χ1v) is 43.1. The molecule has 0 bridgehead atoms. The molecule has 0 aliphatic heterocycles. The number of unbranched alkanes of at least 4 members (excludes halogenated alkanes) is 31. The van der Waals surface area contributed by atoms with E-state index in [2.05, 4.69) is 137 Å². The lowest BCUT2D eigenvalue weighted by Gasteiger charge is -2.21. The van der Waals surface area contributed by atoms with Crippen LogP contribution in [0, 0.1) is 0 Å². The third-order valence-corrected chi connectivity index (χ3v) is 18.6. The highest BCUT2D eigenvalue weighted by atomic mass is 31.2. The van der Waals surface area contributed by atoms with Crippen LogP contribution in [0.25, 0.3) is 0 Å². The fraction of sp³-hybridized carbons (Fsp3) is 0.735. The highest BCUT2D eigenvalue weighted by Crippen LogP contribution is 2.45. The maximum absolute atomic E-state index is 13.1. The first-order chi connectivity index (χ1) is 49.7. The number of aliphatic hydroxyl groups is 1. The second kappa shape index (κ2) is 75.0. The van der Waals surface area contributed by atoms with E-state index in [4.69, 9.17) is 37.0 Å². The second-order valence-corrected chi connectivity index (χ2v) is 29.5. The van der Waals surface area contributed by atoms with Crippen LogP contribution in [0.4, 0.5) is 0 Å². The molecule has 588 valence electrons. The number of carbonyl (C=O) groups excluding carboxylic acids is 4. The van der Waals surface area contributed by atoms with Crippen LogP contribution in [0.2, 0.25) is 0 Å². The number of rotatable bonds is 75. The van der Waals surface area contributed by atoms with Crippen molar-refractivity contribution in [1.29, 1.82) is 0 Å². The fourth-order valence-corrected chi connectivity index (χ4v) is 12.1. The molecule has 0 aliphatic rings. The predicted octanol–water partition coefficient (Wildman–Crippen LogP) is 23.3. The molecular weight excluding hydrogens is 1330 g/mol. The average molecular weight is 1480 g/mol. The zero-order valence-corrected chi connectivity index (χ0v) is 66.0. The molecule has 19 heteroatoms. The summed E-state index contributed by atoms with van der Waals surface area (Å²) in [6.07, 6.45) is 80.6. The summed E-state index contributed by atoms with van der Waals surface area (Å²) in [5.74, 6) is -2.22. The number of carbonyl (C=O) groups is 4. The van der Waals surface area contributed by atoms with E-state index >= 15 is 0 Å². The summed E-state index contributed by atoms with van der Waals surface area (Å²) in [6, 6.07) is 0. The summed E-state index contributed by atoms with van der Waals surface area (Å²) in [7, 11) is -9.97. The van der Waals surface area contributed by atoms with Crippen LogP contribution in [-0.2, 0) is 65.4 Å². The average Bonchev–Trinajstić information content (AvgIpc) is 0.919. The monoisotopic (exact) mass is 1470 g/mol. The van der Waals surface area contributed by atoms with E-state index in [1.165, 1.54) is 57.8 Å². The van der Waals surface area contributed by atoms with Gasteiger partial charge in [-0.25, -0.2) is 9.13 Å². The van der Waals surface area contributed by atoms with Gasteiger partial charge < -0.3 is 33.8 Å². The topological polar surface area (TPSA) is 237 Å². The Kier molecular flexibility index (Phi) is 71.8. The van der Waals surface area contributed by atoms with E-state index in [9.17, 15) is 43.2 Å². The van der Waals surface area contributed by atoms with Crippen molar-refractivity contribution in [2.75, 3.05) is 39.6 Å². The quantitative estimate of drug-likeness (QED) is 0.0169. The number of phosphoric acid groups is 2. The molecule has 0 amide bonds. The molecule has 0 aromatic heterocycles. The first kappa shape index (κ1) is 97.7. The molecule has 102 heavy (non-hydrogen) atoms. The van der Waals surface area contributed by atoms with Gasteiger partial charge in [-0.1, -0.05) is 272 Å². The van der Waals surface area contributed by atoms with E-state index in [0.717, 1.165) is 199 Å². The fourth-order valence-electron chi connectivity index (χ4n) is 10.6. The summed E-state index contributed by atoms with van der Waals surface area (Å²) in [4.78, 5) is 73.0. The Morgan fingerprint density at radius 1 is 0.284 bits per heavy atom. The lowest BCUT2D eigenvalue weighted by atomic mass is 10.1. The summed E-state index contributed by atoms with van der Waals surface area (Å²) in [5.41, 5.74) is 0. The highest BCUT2D eigenvalue weighted by molar-refractivity contribution is 7.47. The van der Waals surface area contributed by atoms with Gasteiger partial charge in [-0.15, -0.1) is 0 Å². The minimum absolute atomic E-state index is 0.0745. The molecule has 5 atom stereocenters. The van der Waals surface area contributed by atoms with Crippen LogP contribution in [0.3, 0.4) is 0 Å². The Morgan fingerprint density at radius 2 is 0.529 bits per heavy atom. The van der Waals surface area contributed by atoms with Crippen molar-refractivity contribution in [2.45, 2.75) is 354 Å². The molecular formula is C83H144O17P2. The summed E-state index contributed by atoms with van der Waals surface area (Å²) in [6.45, 7) is 4.64. The number of aliphatic hydroxyl groups excluding tert-OH is 1. The Morgan fingerprint density at radius 3 is 0.853 bits per heavy atom. The summed E-state index contributed by atoms with van der Waals surface area (Å²) >= 11 is 0. The Balaban J connectivity index is 5.36. The van der Waals surface area contributed by atoms with Gasteiger partial charge in [-0.2, -0.15) is 0 Å². The molecule has 0 spiro atoms. The van der Waals surface area contributed by atoms with Crippen LogP contribution < -0.4 is 0 Å². The van der Waals surface area contributed by atoms with Crippen molar-refractivity contribution in [2.24, 2.45) is 0 Å². The lowest BCUT2D eigenvalue weighted by Crippen LogP contribution is -2.30. The molecule has 0 saturated carbocycles. The Hall–Kier alpha value is -4.28. The van der Waals surface area contributed by atoms with Crippen LogP contribution in [0.1, 0.15) is 336 Å². The minimum Gasteiger partial charge on any atom is -0.462 e. The molecule has 3 N–H and O–H groups in total. The standard InChI is InChI=1S/C83H144O17P2/c1-5-9-13-17-21-25-29-33-36-37-38-39-42-45-48-52-56-60-64-68-81(86)94-73-78(99-82(87)69-65-61-57-53-49-43-32-28-24-20-16-12-8-4)75-97-101(89,90)95-71-77(84)72-96-102(91,92)98-76-79(100-83(88)70-66-62-58-54-50-46-41-35-31-27-23-19-15-11-7-3)74-93-80(85)67-63-59-55-51-47-44-40-34-30-26-22-18-14-10-6-2/h10,14,16,20-22,25-26,28,32-36,38-41,77-79,84H,5-9,11-13,15,17-19,23-24,27,29-31,37,42-76H2,1-4H3,(H,89,90)(H,91,92)/b14-10-,20-16-,25-21-,26-22-,32-28-,36-33-,39-38-,40-34-,41-35-. The first-order valence-electron chi connectivity index (χ1n) is 40.1. The van der Waals surface area contributed by atoms with Crippen molar-refractivity contribution in [3.8, 4) is 0 Å². The lowest BCUT2D eigenvalue weighted by molar-refractivity contribution is -0.161. The smallest absolute Gasteiger partial charge is 0.462 e. The van der Waals surface area contributed by atoms with Crippen molar-refractivity contribution in [1.82, 2.24) is 0 Å². The van der Waals surface area contributed by atoms with Crippen molar-refractivity contribution in [3.63, 3.8) is 0 Å². The predicted molar refractivity (Wildman–Crippen MR) is 418 cm³/mol. The molecule has 0 heterocycles. The highest BCUT2D eigenvalue weighted by Gasteiger charge is 2.30. The molecule has 0 radical (unpaired) electrons. The largest absolute Gasteiger partial charge is 0.472 e. The second-order valence-electron chi connectivity index (χ2n) is 26.6. The van der Waals surface area contributed by atoms with E-state index in [1.807, 2.05) is 0 Å². The van der Waals surface area contributed by atoms with Crippen molar-refractivity contribution >= 4 is 39.5 Å². The molecule has 17 nitrogen and oxygen atoms in total. The third kappa shape index (κ3) is 74.0.